The first kappa shape index (κ1) is 22.0. The number of thioether (sulfide) groups is 1. The molecule has 0 aliphatic heterocycles. The summed E-state index contributed by atoms with van der Waals surface area (Å²) in [5.41, 5.74) is 3.80. The van der Waals surface area contributed by atoms with Crippen LogP contribution in [0.3, 0.4) is 0 Å². The second kappa shape index (κ2) is 9.97. The number of aromatic nitrogens is 4. The SMILES string of the molecule is CCc1ccc(N(C(C)=O)c2nc(CSc3nncn3-c3ccccc3OC)cs2)cc1. The summed E-state index contributed by atoms with van der Waals surface area (Å²) in [5, 5.41) is 11.7. The molecule has 32 heavy (non-hydrogen) atoms. The van der Waals surface area contributed by atoms with Crippen LogP contribution in [0.5, 0.6) is 5.75 Å². The lowest BCUT2D eigenvalue weighted by atomic mass is 10.1. The lowest BCUT2D eigenvalue weighted by molar-refractivity contribution is -0.115. The summed E-state index contributed by atoms with van der Waals surface area (Å²) in [5.74, 6) is 1.28. The maximum Gasteiger partial charge on any atom is 0.230 e. The van der Waals surface area contributed by atoms with Gasteiger partial charge in [-0.3, -0.25) is 14.3 Å². The van der Waals surface area contributed by atoms with Gasteiger partial charge in [-0.05, 0) is 36.2 Å². The molecule has 1 amide bonds. The first-order chi connectivity index (χ1) is 15.6. The second-order valence-electron chi connectivity index (χ2n) is 6.94. The van der Waals surface area contributed by atoms with E-state index in [-0.39, 0.29) is 5.91 Å². The normalized spacial score (nSPS) is 10.8. The van der Waals surface area contributed by atoms with Crippen LogP contribution in [0.15, 0.2) is 65.4 Å². The Hall–Kier alpha value is -3.17. The second-order valence-corrected chi connectivity index (χ2v) is 8.72. The summed E-state index contributed by atoms with van der Waals surface area (Å²) in [6.07, 6.45) is 2.63. The monoisotopic (exact) mass is 465 g/mol. The summed E-state index contributed by atoms with van der Waals surface area (Å²) in [7, 11) is 1.64. The van der Waals surface area contributed by atoms with E-state index < -0.39 is 0 Å². The van der Waals surface area contributed by atoms with Gasteiger partial charge in [-0.2, -0.15) is 0 Å². The summed E-state index contributed by atoms with van der Waals surface area (Å²) in [6, 6.07) is 15.7. The van der Waals surface area contributed by atoms with Gasteiger partial charge in [-0.15, -0.1) is 21.5 Å². The molecule has 9 heteroatoms. The van der Waals surface area contributed by atoms with Crippen molar-refractivity contribution in [1.82, 2.24) is 19.7 Å². The number of thiazole rings is 1. The fourth-order valence-electron chi connectivity index (χ4n) is 3.23. The minimum atomic E-state index is -0.0706. The molecule has 0 bridgehead atoms. The van der Waals surface area contributed by atoms with Gasteiger partial charge in [0, 0.05) is 18.1 Å². The van der Waals surface area contributed by atoms with E-state index in [0.717, 1.165) is 34.4 Å². The molecule has 2 aromatic carbocycles. The number of hydrogen-bond donors (Lipinski definition) is 0. The standard InChI is InChI=1S/C23H23N5O2S2/c1-4-17-9-11-19(12-10-17)28(16(2)29)22-25-18(13-31-22)14-32-23-26-24-15-27(23)20-7-5-6-8-21(20)30-3/h5-13,15H,4,14H2,1-3H3. The topological polar surface area (TPSA) is 73.1 Å². The van der Waals surface area contributed by atoms with Gasteiger partial charge in [0.25, 0.3) is 0 Å². The highest BCUT2D eigenvalue weighted by atomic mass is 32.2. The third-order valence-electron chi connectivity index (χ3n) is 4.86. The third-order valence-corrected chi connectivity index (χ3v) is 6.71. The molecule has 0 fully saturated rings. The Balaban J connectivity index is 1.51. The molecule has 0 N–H and O–H groups in total. The molecular formula is C23H23N5O2S2. The molecule has 0 aliphatic rings. The average Bonchev–Trinajstić information content (AvgIpc) is 3.47. The molecule has 2 aromatic heterocycles. The summed E-state index contributed by atoms with van der Waals surface area (Å²) >= 11 is 2.98. The predicted octanol–water partition coefficient (Wildman–Crippen LogP) is 5.27. The van der Waals surface area contributed by atoms with Crippen molar-refractivity contribution in [3.8, 4) is 11.4 Å². The van der Waals surface area contributed by atoms with Crippen LogP contribution < -0.4 is 9.64 Å². The van der Waals surface area contributed by atoms with Crippen LogP contribution in [-0.2, 0) is 17.0 Å². The van der Waals surface area contributed by atoms with Crippen LogP contribution in [0.1, 0.15) is 25.1 Å². The van der Waals surface area contributed by atoms with E-state index in [4.69, 9.17) is 9.72 Å². The van der Waals surface area contributed by atoms with E-state index in [1.54, 1.807) is 25.3 Å². The fraction of sp³-hybridized carbons (Fsp3) is 0.217. The number of hydrogen-bond acceptors (Lipinski definition) is 7. The number of carbonyl (C=O) groups is 1. The Labute approximate surface area is 195 Å². The van der Waals surface area contributed by atoms with Crippen molar-refractivity contribution in [2.24, 2.45) is 0 Å². The highest BCUT2D eigenvalue weighted by molar-refractivity contribution is 7.98. The fourth-order valence-corrected chi connectivity index (χ4v) is 5.03. The van der Waals surface area contributed by atoms with E-state index >= 15 is 0 Å². The van der Waals surface area contributed by atoms with E-state index in [9.17, 15) is 4.79 Å². The first-order valence-electron chi connectivity index (χ1n) is 10.1. The minimum absolute atomic E-state index is 0.0706. The number of rotatable bonds is 8. The van der Waals surface area contributed by atoms with Crippen LogP contribution >= 0.6 is 23.1 Å². The zero-order chi connectivity index (χ0) is 22.5. The van der Waals surface area contributed by atoms with Gasteiger partial charge >= 0.3 is 0 Å². The number of aryl methyl sites for hydroxylation is 1. The molecule has 2 heterocycles. The highest BCUT2D eigenvalue weighted by Crippen LogP contribution is 2.32. The minimum Gasteiger partial charge on any atom is -0.495 e. The smallest absolute Gasteiger partial charge is 0.230 e. The molecule has 0 unspecified atom stereocenters. The van der Waals surface area contributed by atoms with Crippen molar-refractivity contribution in [2.45, 2.75) is 31.2 Å². The van der Waals surface area contributed by atoms with Crippen molar-refractivity contribution in [2.75, 3.05) is 12.0 Å². The zero-order valence-corrected chi connectivity index (χ0v) is 19.7. The molecular weight excluding hydrogens is 442 g/mol. The van der Waals surface area contributed by atoms with Gasteiger partial charge in [0.1, 0.15) is 12.1 Å². The quantitative estimate of drug-likeness (QED) is 0.330. The summed E-state index contributed by atoms with van der Waals surface area (Å²) in [6.45, 7) is 3.66. The van der Waals surface area contributed by atoms with Crippen molar-refractivity contribution in [3.63, 3.8) is 0 Å². The van der Waals surface area contributed by atoms with E-state index in [2.05, 4.69) is 17.1 Å². The van der Waals surface area contributed by atoms with E-state index in [1.165, 1.54) is 28.7 Å². The van der Waals surface area contributed by atoms with E-state index in [0.29, 0.717) is 10.9 Å². The van der Waals surface area contributed by atoms with Crippen molar-refractivity contribution < 1.29 is 9.53 Å². The molecule has 0 spiro atoms. The number of ether oxygens (including phenoxy) is 1. The van der Waals surface area contributed by atoms with Crippen LogP contribution in [0.4, 0.5) is 10.8 Å². The molecule has 4 aromatic rings. The molecule has 0 aliphatic carbocycles. The van der Waals surface area contributed by atoms with E-state index in [1.807, 2.05) is 58.5 Å². The van der Waals surface area contributed by atoms with Gasteiger partial charge in [0.05, 0.1) is 24.2 Å². The maximum atomic E-state index is 12.4. The predicted molar refractivity (Wildman–Crippen MR) is 128 cm³/mol. The number of para-hydroxylation sites is 2. The Morgan fingerprint density at radius 2 is 1.97 bits per heavy atom. The van der Waals surface area contributed by atoms with Gasteiger partial charge < -0.3 is 4.74 Å². The molecule has 0 radical (unpaired) electrons. The molecule has 0 saturated heterocycles. The van der Waals surface area contributed by atoms with Crippen molar-refractivity contribution >= 4 is 39.8 Å². The van der Waals surface area contributed by atoms with Crippen LogP contribution in [-0.4, -0.2) is 32.8 Å². The van der Waals surface area contributed by atoms with Crippen LogP contribution in [0.2, 0.25) is 0 Å². The molecule has 164 valence electrons. The van der Waals surface area contributed by atoms with Crippen molar-refractivity contribution in [3.05, 3.63) is 71.5 Å². The lowest BCUT2D eigenvalue weighted by Gasteiger charge is -2.18. The third kappa shape index (κ3) is 4.68. The Morgan fingerprint density at radius 1 is 1.19 bits per heavy atom. The largest absolute Gasteiger partial charge is 0.495 e. The number of amides is 1. The molecule has 0 atom stereocenters. The van der Waals surface area contributed by atoms with Crippen molar-refractivity contribution in [1.29, 1.82) is 0 Å². The zero-order valence-electron chi connectivity index (χ0n) is 18.1. The van der Waals surface area contributed by atoms with Gasteiger partial charge in [-0.1, -0.05) is 43.0 Å². The maximum absolute atomic E-state index is 12.4. The first-order valence-corrected chi connectivity index (χ1v) is 12.0. The number of anilines is 2. The number of methoxy groups -OCH3 is 1. The lowest BCUT2D eigenvalue weighted by Crippen LogP contribution is -2.22. The number of nitrogens with zero attached hydrogens (tertiary/aromatic N) is 5. The molecule has 7 nitrogen and oxygen atoms in total. The summed E-state index contributed by atoms with van der Waals surface area (Å²) < 4.78 is 7.36. The highest BCUT2D eigenvalue weighted by Gasteiger charge is 2.19. The average molecular weight is 466 g/mol. The number of benzene rings is 2. The van der Waals surface area contributed by atoms with Crippen LogP contribution in [0, 0.1) is 0 Å². The Kier molecular flexibility index (Phi) is 6.87. The van der Waals surface area contributed by atoms with Gasteiger partial charge in [-0.25, -0.2) is 4.98 Å². The van der Waals surface area contributed by atoms with Crippen LogP contribution in [0.25, 0.3) is 5.69 Å². The summed E-state index contributed by atoms with van der Waals surface area (Å²) in [4.78, 5) is 18.7. The van der Waals surface area contributed by atoms with Gasteiger partial charge in [0.2, 0.25) is 5.91 Å². The Morgan fingerprint density at radius 3 is 2.69 bits per heavy atom. The molecule has 4 rings (SSSR count). The Bertz CT molecular complexity index is 1200. The number of carbonyl (C=O) groups excluding carboxylic acids is 1. The van der Waals surface area contributed by atoms with Gasteiger partial charge in [0.15, 0.2) is 10.3 Å². The molecule has 0 saturated carbocycles.